The lowest BCUT2D eigenvalue weighted by Gasteiger charge is -2.37. The monoisotopic (exact) mass is 295 g/mol. The van der Waals surface area contributed by atoms with Crippen molar-refractivity contribution in [1.82, 2.24) is 4.90 Å². The molecule has 21 heavy (non-hydrogen) atoms. The summed E-state index contributed by atoms with van der Waals surface area (Å²) < 4.78 is 5.66. The summed E-state index contributed by atoms with van der Waals surface area (Å²) in [6, 6.07) is 0. The zero-order chi connectivity index (χ0) is 15.5. The van der Waals surface area contributed by atoms with E-state index >= 15 is 0 Å². The van der Waals surface area contributed by atoms with Crippen LogP contribution in [-0.2, 0) is 9.53 Å². The first kappa shape index (κ1) is 16.8. The van der Waals surface area contributed by atoms with Crippen molar-refractivity contribution in [3.63, 3.8) is 0 Å². The third-order valence-corrected chi connectivity index (χ3v) is 5.62. The molecule has 0 radical (unpaired) electrons. The summed E-state index contributed by atoms with van der Waals surface area (Å²) in [5, 5.41) is 0. The Bertz CT molecular complexity index is 345. The van der Waals surface area contributed by atoms with Gasteiger partial charge in [-0.2, -0.15) is 0 Å². The largest absolute Gasteiger partial charge is 0.381 e. The number of nitrogens with zero attached hydrogens (tertiary/aromatic N) is 1. The standard InChI is InChI=1S/C18H33NO2/c1-5-14(3)16(15-8-7-11-21-12-15)17(20)19(6-2)13-18(4)9-10-18/h14-16H,5-13H2,1-4H3. The van der Waals surface area contributed by atoms with Gasteiger partial charge in [0.2, 0.25) is 5.91 Å². The number of rotatable bonds is 7. The van der Waals surface area contributed by atoms with Crippen LogP contribution in [0, 0.1) is 23.2 Å². The summed E-state index contributed by atoms with van der Waals surface area (Å²) in [4.78, 5) is 15.3. The molecule has 0 aromatic rings. The van der Waals surface area contributed by atoms with Gasteiger partial charge in [0.1, 0.15) is 0 Å². The van der Waals surface area contributed by atoms with Gasteiger partial charge in [0.15, 0.2) is 0 Å². The highest BCUT2D eigenvalue weighted by Gasteiger charge is 2.42. The van der Waals surface area contributed by atoms with E-state index in [-0.39, 0.29) is 5.92 Å². The fourth-order valence-corrected chi connectivity index (χ4v) is 3.60. The Morgan fingerprint density at radius 1 is 1.38 bits per heavy atom. The predicted molar refractivity (Wildman–Crippen MR) is 86.1 cm³/mol. The van der Waals surface area contributed by atoms with Crippen LogP contribution in [-0.4, -0.2) is 37.1 Å². The van der Waals surface area contributed by atoms with Crippen molar-refractivity contribution in [3.8, 4) is 0 Å². The number of ether oxygens (including phenoxy) is 1. The number of carbonyl (C=O) groups is 1. The van der Waals surface area contributed by atoms with E-state index in [4.69, 9.17) is 4.74 Å². The quantitative estimate of drug-likeness (QED) is 0.716. The van der Waals surface area contributed by atoms with Crippen molar-refractivity contribution in [1.29, 1.82) is 0 Å². The van der Waals surface area contributed by atoms with E-state index in [0.29, 0.717) is 23.2 Å². The molecular formula is C18H33NO2. The molecular weight excluding hydrogens is 262 g/mol. The molecule has 0 aromatic carbocycles. The molecule has 0 aromatic heterocycles. The van der Waals surface area contributed by atoms with Gasteiger partial charge < -0.3 is 9.64 Å². The van der Waals surface area contributed by atoms with Crippen molar-refractivity contribution < 1.29 is 9.53 Å². The molecule has 1 heterocycles. The first-order valence-corrected chi connectivity index (χ1v) is 8.87. The Balaban J connectivity index is 2.07. The lowest BCUT2D eigenvalue weighted by atomic mass is 9.77. The van der Waals surface area contributed by atoms with Gasteiger partial charge in [-0.15, -0.1) is 0 Å². The van der Waals surface area contributed by atoms with Crippen LogP contribution in [0.15, 0.2) is 0 Å². The van der Waals surface area contributed by atoms with Gasteiger partial charge in [-0.25, -0.2) is 0 Å². The van der Waals surface area contributed by atoms with Gasteiger partial charge in [-0.1, -0.05) is 27.2 Å². The van der Waals surface area contributed by atoms with E-state index < -0.39 is 0 Å². The number of hydrogen-bond donors (Lipinski definition) is 0. The second-order valence-corrected chi connectivity index (χ2v) is 7.55. The van der Waals surface area contributed by atoms with Gasteiger partial charge in [0, 0.05) is 25.6 Å². The van der Waals surface area contributed by atoms with Gasteiger partial charge in [-0.3, -0.25) is 4.79 Å². The summed E-state index contributed by atoms with van der Waals surface area (Å²) in [7, 11) is 0. The SMILES string of the molecule is CCC(C)C(C(=O)N(CC)CC1(C)CC1)C1CCCOC1. The van der Waals surface area contributed by atoms with Crippen LogP contribution in [0.1, 0.15) is 59.8 Å². The van der Waals surface area contributed by atoms with Gasteiger partial charge in [0.25, 0.3) is 0 Å². The van der Waals surface area contributed by atoms with Gasteiger partial charge >= 0.3 is 0 Å². The maximum Gasteiger partial charge on any atom is 0.226 e. The number of carbonyl (C=O) groups excluding carboxylic acids is 1. The zero-order valence-electron chi connectivity index (χ0n) is 14.4. The predicted octanol–water partition coefficient (Wildman–Crippen LogP) is 3.72. The molecule has 2 aliphatic rings. The van der Waals surface area contributed by atoms with Crippen LogP contribution in [0.5, 0.6) is 0 Å². The third-order valence-electron chi connectivity index (χ3n) is 5.62. The second kappa shape index (κ2) is 7.13. The molecule has 2 rings (SSSR count). The Kier molecular flexibility index (Phi) is 5.70. The van der Waals surface area contributed by atoms with Crippen LogP contribution in [0.4, 0.5) is 0 Å². The molecule has 3 nitrogen and oxygen atoms in total. The molecule has 1 aliphatic heterocycles. The van der Waals surface area contributed by atoms with Crippen LogP contribution in [0.2, 0.25) is 0 Å². The summed E-state index contributed by atoms with van der Waals surface area (Å²) >= 11 is 0. The van der Waals surface area contributed by atoms with E-state index in [1.807, 2.05) is 0 Å². The maximum atomic E-state index is 13.1. The van der Waals surface area contributed by atoms with Crippen molar-refractivity contribution in [2.24, 2.45) is 23.2 Å². The first-order valence-electron chi connectivity index (χ1n) is 8.87. The fraction of sp³-hybridized carbons (Fsp3) is 0.944. The van der Waals surface area contributed by atoms with Gasteiger partial charge in [-0.05, 0) is 49.9 Å². The van der Waals surface area contributed by atoms with E-state index in [1.54, 1.807) is 0 Å². The van der Waals surface area contributed by atoms with Crippen LogP contribution in [0.3, 0.4) is 0 Å². The van der Waals surface area contributed by atoms with Crippen molar-refractivity contribution in [3.05, 3.63) is 0 Å². The molecule has 122 valence electrons. The summed E-state index contributed by atoms with van der Waals surface area (Å²) in [5.41, 5.74) is 0.398. The first-order chi connectivity index (χ1) is 10.0. The molecule has 3 unspecified atom stereocenters. The minimum atomic E-state index is 0.151. The minimum Gasteiger partial charge on any atom is -0.381 e. The normalized spacial score (nSPS) is 27.0. The number of amides is 1. The smallest absolute Gasteiger partial charge is 0.226 e. The Labute approximate surface area is 130 Å². The molecule has 1 saturated carbocycles. The van der Waals surface area contributed by atoms with E-state index in [9.17, 15) is 4.79 Å². The average molecular weight is 295 g/mol. The van der Waals surface area contributed by atoms with Crippen molar-refractivity contribution in [2.45, 2.75) is 59.8 Å². The topological polar surface area (TPSA) is 29.5 Å². The maximum absolute atomic E-state index is 13.1. The Morgan fingerprint density at radius 2 is 2.10 bits per heavy atom. The third kappa shape index (κ3) is 4.21. The van der Waals surface area contributed by atoms with E-state index in [0.717, 1.165) is 45.6 Å². The van der Waals surface area contributed by atoms with Gasteiger partial charge in [0.05, 0.1) is 6.61 Å². The molecule has 1 aliphatic carbocycles. The lowest BCUT2D eigenvalue weighted by Crippen LogP contribution is -2.45. The van der Waals surface area contributed by atoms with E-state index in [1.165, 1.54) is 12.8 Å². The van der Waals surface area contributed by atoms with Crippen LogP contribution >= 0.6 is 0 Å². The highest BCUT2D eigenvalue weighted by Crippen LogP contribution is 2.46. The molecule has 1 amide bonds. The van der Waals surface area contributed by atoms with Crippen LogP contribution < -0.4 is 0 Å². The minimum absolute atomic E-state index is 0.151. The highest BCUT2D eigenvalue weighted by atomic mass is 16.5. The average Bonchev–Trinajstić information content (AvgIpc) is 3.23. The molecule has 0 spiro atoms. The molecule has 3 atom stereocenters. The molecule has 2 fully saturated rings. The molecule has 1 saturated heterocycles. The highest BCUT2D eigenvalue weighted by molar-refractivity contribution is 5.79. The second-order valence-electron chi connectivity index (χ2n) is 7.55. The molecule has 3 heteroatoms. The fourth-order valence-electron chi connectivity index (χ4n) is 3.60. The summed E-state index contributed by atoms with van der Waals surface area (Å²) in [5.74, 6) is 1.40. The van der Waals surface area contributed by atoms with Crippen molar-refractivity contribution >= 4 is 5.91 Å². The molecule has 0 N–H and O–H groups in total. The lowest BCUT2D eigenvalue weighted by molar-refractivity contribution is -0.142. The van der Waals surface area contributed by atoms with E-state index in [2.05, 4.69) is 32.6 Å². The number of hydrogen-bond acceptors (Lipinski definition) is 2. The summed E-state index contributed by atoms with van der Waals surface area (Å²) in [6.07, 6.45) is 5.88. The Morgan fingerprint density at radius 3 is 2.57 bits per heavy atom. The summed E-state index contributed by atoms with van der Waals surface area (Å²) in [6.45, 7) is 12.3. The zero-order valence-corrected chi connectivity index (χ0v) is 14.4. The Hall–Kier alpha value is -0.570. The van der Waals surface area contributed by atoms with Crippen molar-refractivity contribution in [2.75, 3.05) is 26.3 Å². The molecule has 0 bridgehead atoms. The van der Waals surface area contributed by atoms with Crippen LogP contribution in [0.25, 0.3) is 0 Å².